The molecule has 0 saturated heterocycles. The van der Waals surface area contributed by atoms with Crippen LogP contribution in [0.3, 0.4) is 0 Å². The van der Waals surface area contributed by atoms with Crippen LogP contribution in [0.2, 0.25) is 0 Å². The van der Waals surface area contributed by atoms with Crippen molar-refractivity contribution < 1.29 is 13.2 Å². The lowest BCUT2D eigenvalue weighted by Crippen LogP contribution is -2.21. The van der Waals surface area contributed by atoms with Gasteiger partial charge in [0.1, 0.15) is 0 Å². The molecule has 1 rings (SSSR count). The second-order valence-corrected chi connectivity index (χ2v) is 3.48. The highest BCUT2D eigenvalue weighted by Crippen LogP contribution is 2.35. The first kappa shape index (κ1) is 11.8. The third kappa shape index (κ3) is 3.09. The Kier molecular flexibility index (Phi) is 3.18. The van der Waals surface area contributed by atoms with Crippen LogP contribution in [0.5, 0.6) is 0 Å². The summed E-state index contributed by atoms with van der Waals surface area (Å²) in [4.78, 5) is 0. The fraction of sp³-hybridized carbons (Fsp3) is 0.222. The molecule has 0 aliphatic heterocycles. The van der Waals surface area contributed by atoms with E-state index in [0.29, 0.717) is 5.56 Å². The number of nitrogens with one attached hydrogen (secondary N) is 1. The summed E-state index contributed by atoms with van der Waals surface area (Å²) in [5.74, 6) is 0. The number of alkyl halides is 3. The topological polar surface area (TPSA) is 38.0 Å². The van der Waals surface area contributed by atoms with Gasteiger partial charge in [-0.05, 0) is 36.8 Å². The molecule has 0 spiro atoms. The highest BCUT2D eigenvalue weighted by molar-refractivity contribution is 7.80. The molecule has 3 N–H and O–H groups in total. The highest BCUT2D eigenvalue weighted by Gasteiger charge is 2.33. The molecule has 0 aliphatic carbocycles. The first-order chi connectivity index (χ1) is 6.80. The molecule has 2 nitrogen and oxygen atoms in total. The molecule has 1 aromatic rings. The van der Waals surface area contributed by atoms with Crippen molar-refractivity contribution >= 4 is 23.0 Å². The van der Waals surface area contributed by atoms with Crippen LogP contribution in [-0.2, 0) is 6.18 Å². The third-order valence-electron chi connectivity index (χ3n) is 1.74. The molecule has 1 aromatic carbocycles. The fourth-order valence-electron chi connectivity index (χ4n) is 1.14. The van der Waals surface area contributed by atoms with Crippen LogP contribution in [0, 0.1) is 6.92 Å². The Morgan fingerprint density at radius 3 is 2.47 bits per heavy atom. The molecule has 0 saturated carbocycles. The van der Waals surface area contributed by atoms with Gasteiger partial charge in [-0.3, -0.25) is 0 Å². The molecule has 0 radical (unpaired) electrons. The SMILES string of the molecule is Cc1ccc(C(F)(F)F)c(NC(N)=S)c1. The number of nitrogens with two attached hydrogens (primary N) is 1. The maximum atomic E-state index is 12.5. The lowest BCUT2D eigenvalue weighted by atomic mass is 10.1. The van der Waals surface area contributed by atoms with Gasteiger partial charge in [0.2, 0.25) is 0 Å². The van der Waals surface area contributed by atoms with Crippen LogP contribution in [0.15, 0.2) is 18.2 Å². The van der Waals surface area contributed by atoms with Gasteiger partial charge in [0, 0.05) is 0 Å². The van der Waals surface area contributed by atoms with Crippen LogP contribution in [0.1, 0.15) is 11.1 Å². The van der Waals surface area contributed by atoms with Gasteiger partial charge in [-0.25, -0.2) is 0 Å². The van der Waals surface area contributed by atoms with Crippen molar-refractivity contribution in [2.75, 3.05) is 5.32 Å². The van der Waals surface area contributed by atoms with Crippen molar-refractivity contribution in [2.45, 2.75) is 13.1 Å². The molecule has 82 valence electrons. The lowest BCUT2D eigenvalue weighted by Gasteiger charge is -2.14. The van der Waals surface area contributed by atoms with Crippen molar-refractivity contribution in [1.29, 1.82) is 0 Å². The number of anilines is 1. The van der Waals surface area contributed by atoms with E-state index in [1.54, 1.807) is 6.92 Å². The minimum absolute atomic E-state index is 0.116. The molecule has 0 fully saturated rings. The normalized spacial score (nSPS) is 11.2. The zero-order valence-electron chi connectivity index (χ0n) is 7.85. The molecule has 0 bridgehead atoms. The zero-order valence-corrected chi connectivity index (χ0v) is 8.67. The smallest absolute Gasteiger partial charge is 0.376 e. The van der Waals surface area contributed by atoms with Gasteiger partial charge in [0.25, 0.3) is 0 Å². The maximum Gasteiger partial charge on any atom is 0.418 e. The predicted octanol–water partition coefficient (Wildman–Crippen LogP) is 2.67. The number of aryl methyl sites for hydroxylation is 1. The van der Waals surface area contributed by atoms with E-state index in [4.69, 9.17) is 5.73 Å². The molecular formula is C9H9F3N2S. The number of benzene rings is 1. The quantitative estimate of drug-likeness (QED) is 0.734. The maximum absolute atomic E-state index is 12.5. The third-order valence-corrected chi connectivity index (χ3v) is 1.84. The first-order valence-electron chi connectivity index (χ1n) is 4.05. The summed E-state index contributed by atoms with van der Waals surface area (Å²) in [5, 5.41) is 2.12. The van der Waals surface area contributed by atoms with Crippen molar-refractivity contribution in [3.05, 3.63) is 29.3 Å². The van der Waals surface area contributed by atoms with Crippen LogP contribution in [-0.4, -0.2) is 5.11 Å². The summed E-state index contributed by atoms with van der Waals surface area (Å²) >= 11 is 4.50. The van der Waals surface area contributed by atoms with E-state index in [9.17, 15) is 13.2 Å². The van der Waals surface area contributed by atoms with Gasteiger partial charge in [0.15, 0.2) is 5.11 Å². The summed E-state index contributed by atoms with van der Waals surface area (Å²) in [5.41, 5.74) is 4.94. The monoisotopic (exact) mass is 234 g/mol. The number of rotatable bonds is 1. The number of hydrogen-bond acceptors (Lipinski definition) is 1. The number of halogens is 3. The van der Waals surface area contributed by atoms with E-state index in [2.05, 4.69) is 17.5 Å². The Bertz CT molecular complexity index is 387. The number of hydrogen-bond donors (Lipinski definition) is 2. The van der Waals surface area contributed by atoms with Gasteiger partial charge in [0.05, 0.1) is 11.3 Å². The van der Waals surface area contributed by atoms with E-state index in [1.807, 2.05) is 0 Å². The van der Waals surface area contributed by atoms with Crippen molar-refractivity contribution in [1.82, 2.24) is 0 Å². The minimum Gasteiger partial charge on any atom is -0.376 e. The Labute approximate surface area is 90.3 Å². The summed E-state index contributed by atoms with van der Waals surface area (Å²) < 4.78 is 37.5. The number of thiocarbonyl (C=S) groups is 1. The van der Waals surface area contributed by atoms with Gasteiger partial charge in [-0.15, -0.1) is 0 Å². The minimum atomic E-state index is -4.42. The molecule has 0 unspecified atom stereocenters. The highest BCUT2D eigenvalue weighted by atomic mass is 32.1. The largest absolute Gasteiger partial charge is 0.418 e. The van der Waals surface area contributed by atoms with Gasteiger partial charge >= 0.3 is 6.18 Å². The van der Waals surface area contributed by atoms with E-state index >= 15 is 0 Å². The van der Waals surface area contributed by atoms with Crippen LogP contribution < -0.4 is 11.1 Å². The predicted molar refractivity (Wildman–Crippen MR) is 56.6 cm³/mol. The summed E-state index contributed by atoms with van der Waals surface area (Å²) in [6, 6.07) is 3.73. The van der Waals surface area contributed by atoms with Gasteiger partial charge in [-0.2, -0.15) is 13.2 Å². The molecule has 0 atom stereocenters. The molecule has 15 heavy (non-hydrogen) atoms. The van der Waals surface area contributed by atoms with E-state index in [-0.39, 0.29) is 10.8 Å². The summed E-state index contributed by atoms with van der Waals surface area (Å²) in [7, 11) is 0. The van der Waals surface area contributed by atoms with Gasteiger partial charge in [-0.1, -0.05) is 6.07 Å². The van der Waals surface area contributed by atoms with Crippen molar-refractivity contribution in [3.8, 4) is 0 Å². The van der Waals surface area contributed by atoms with E-state index < -0.39 is 11.7 Å². The first-order valence-corrected chi connectivity index (χ1v) is 4.46. The summed E-state index contributed by atoms with van der Waals surface area (Å²) in [6.45, 7) is 1.69. The van der Waals surface area contributed by atoms with Crippen LogP contribution in [0.4, 0.5) is 18.9 Å². The summed E-state index contributed by atoms with van der Waals surface area (Å²) in [6.07, 6.45) is -4.42. The van der Waals surface area contributed by atoms with Crippen molar-refractivity contribution in [3.63, 3.8) is 0 Å². The average Bonchev–Trinajstić information content (AvgIpc) is 1.99. The molecule has 6 heteroatoms. The molecule has 0 aliphatic rings. The van der Waals surface area contributed by atoms with E-state index in [1.165, 1.54) is 12.1 Å². The molecule has 0 heterocycles. The zero-order chi connectivity index (χ0) is 11.6. The van der Waals surface area contributed by atoms with E-state index in [0.717, 1.165) is 6.07 Å². The Balaban J connectivity index is 3.20. The molecular weight excluding hydrogens is 225 g/mol. The second kappa shape index (κ2) is 4.06. The Hall–Kier alpha value is -1.30. The average molecular weight is 234 g/mol. The lowest BCUT2D eigenvalue weighted by molar-refractivity contribution is -0.136. The molecule has 0 amide bonds. The standard InChI is InChI=1S/C9H9F3N2S/c1-5-2-3-6(9(10,11)12)7(4-5)14-8(13)15/h2-4H,1H3,(H3,13,14,15). The molecule has 0 aromatic heterocycles. The second-order valence-electron chi connectivity index (χ2n) is 3.04. The van der Waals surface area contributed by atoms with Crippen molar-refractivity contribution in [2.24, 2.45) is 5.73 Å². The Morgan fingerprint density at radius 2 is 2.00 bits per heavy atom. The van der Waals surface area contributed by atoms with Crippen LogP contribution in [0.25, 0.3) is 0 Å². The fourth-order valence-corrected chi connectivity index (χ4v) is 1.25. The van der Waals surface area contributed by atoms with Gasteiger partial charge < -0.3 is 11.1 Å². The Morgan fingerprint density at radius 1 is 1.40 bits per heavy atom. The van der Waals surface area contributed by atoms with Crippen LogP contribution >= 0.6 is 12.2 Å².